The lowest BCUT2D eigenvalue weighted by Gasteiger charge is -2.36. The van der Waals surface area contributed by atoms with E-state index in [4.69, 9.17) is 5.73 Å². The van der Waals surface area contributed by atoms with Crippen molar-refractivity contribution in [3.05, 3.63) is 53.5 Å². The Morgan fingerprint density at radius 2 is 1.65 bits per heavy atom. The van der Waals surface area contributed by atoms with E-state index in [2.05, 4.69) is 24.8 Å². The van der Waals surface area contributed by atoms with E-state index < -0.39 is 11.7 Å². The molecule has 1 aliphatic rings. The Balaban J connectivity index is 1.74. The SMILES string of the molecule is CN=C(C)C(CN1CCN(c2nccnc2-c2ccc(C(F)(F)F)cc2)CC1)=C(C)N. The van der Waals surface area contributed by atoms with Crippen LogP contribution in [0.25, 0.3) is 11.3 Å². The summed E-state index contributed by atoms with van der Waals surface area (Å²) >= 11 is 0. The van der Waals surface area contributed by atoms with Crippen LogP contribution < -0.4 is 10.6 Å². The lowest BCUT2D eigenvalue weighted by atomic mass is 10.1. The van der Waals surface area contributed by atoms with Gasteiger partial charge < -0.3 is 10.6 Å². The first-order valence-corrected chi connectivity index (χ1v) is 10.1. The molecule has 2 aromatic rings. The zero-order valence-electron chi connectivity index (χ0n) is 17.9. The van der Waals surface area contributed by atoms with Crippen molar-refractivity contribution in [1.29, 1.82) is 0 Å². The molecule has 1 aromatic heterocycles. The van der Waals surface area contributed by atoms with Gasteiger partial charge in [0.25, 0.3) is 0 Å². The lowest BCUT2D eigenvalue weighted by Crippen LogP contribution is -2.48. The summed E-state index contributed by atoms with van der Waals surface area (Å²) in [7, 11) is 1.76. The van der Waals surface area contributed by atoms with E-state index in [1.807, 2.05) is 13.8 Å². The molecule has 1 saturated heterocycles. The molecule has 0 radical (unpaired) electrons. The molecule has 0 amide bonds. The van der Waals surface area contributed by atoms with Gasteiger partial charge in [0.15, 0.2) is 5.82 Å². The normalized spacial score (nSPS) is 17.0. The Labute approximate surface area is 180 Å². The van der Waals surface area contributed by atoms with E-state index in [1.165, 1.54) is 12.1 Å². The van der Waals surface area contributed by atoms with Crippen molar-refractivity contribution in [2.45, 2.75) is 20.0 Å². The Morgan fingerprint density at radius 3 is 2.19 bits per heavy atom. The van der Waals surface area contributed by atoms with Crippen molar-refractivity contribution in [1.82, 2.24) is 14.9 Å². The number of nitrogens with zero attached hydrogens (tertiary/aromatic N) is 5. The molecule has 0 bridgehead atoms. The third kappa shape index (κ3) is 5.41. The topological polar surface area (TPSA) is 70.6 Å². The molecule has 9 heteroatoms. The minimum absolute atomic E-state index is 0.581. The van der Waals surface area contributed by atoms with Crippen LogP contribution in [0.1, 0.15) is 19.4 Å². The first-order valence-electron chi connectivity index (χ1n) is 10.1. The van der Waals surface area contributed by atoms with Crippen LogP contribution in [-0.2, 0) is 6.18 Å². The second kappa shape index (κ2) is 9.47. The van der Waals surface area contributed by atoms with Gasteiger partial charge in [-0.25, -0.2) is 4.98 Å². The van der Waals surface area contributed by atoms with Crippen LogP contribution in [0.4, 0.5) is 19.0 Å². The maximum Gasteiger partial charge on any atom is 0.416 e. The molecule has 2 heterocycles. The Bertz CT molecular complexity index is 954. The molecule has 31 heavy (non-hydrogen) atoms. The number of halogens is 3. The summed E-state index contributed by atoms with van der Waals surface area (Å²) in [6.45, 7) is 7.63. The number of aromatic nitrogens is 2. The second-order valence-corrected chi connectivity index (χ2v) is 7.54. The molecule has 1 aromatic carbocycles. The molecule has 1 aliphatic heterocycles. The molecular formula is C22H27F3N6. The van der Waals surface area contributed by atoms with Gasteiger partial charge in [-0.1, -0.05) is 12.1 Å². The summed E-state index contributed by atoms with van der Waals surface area (Å²) in [4.78, 5) is 17.6. The zero-order valence-corrected chi connectivity index (χ0v) is 17.9. The van der Waals surface area contributed by atoms with Gasteiger partial charge in [0.1, 0.15) is 5.69 Å². The van der Waals surface area contributed by atoms with Crippen LogP contribution in [0.2, 0.25) is 0 Å². The number of rotatable bonds is 5. The van der Waals surface area contributed by atoms with E-state index in [0.717, 1.165) is 61.8 Å². The van der Waals surface area contributed by atoms with Crippen molar-refractivity contribution in [3.63, 3.8) is 0 Å². The van der Waals surface area contributed by atoms with E-state index in [1.54, 1.807) is 19.4 Å². The predicted octanol–water partition coefficient (Wildman–Crippen LogP) is 3.61. The molecule has 0 saturated carbocycles. The average molecular weight is 432 g/mol. The fourth-order valence-electron chi connectivity index (χ4n) is 3.58. The van der Waals surface area contributed by atoms with E-state index in [0.29, 0.717) is 17.1 Å². The summed E-state index contributed by atoms with van der Waals surface area (Å²) in [5, 5.41) is 0. The number of alkyl halides is 3. The zero-order chi connectivity index (χ0) is 22.6. The number of hydrogen-bond acceptors (Lipinski definition) is 6. The first kappa shape index (κ1) is 22.7. The van der Waals surface area contributed by atoms with E-state index in [-0.39, 0.29) is 0 Å². The largest absolute Gasteiger partial charge is 0.416 e. The smallest absolute Gasteiger partial charge is 0.402 e. The minimum atomic E-state index is -4.37. The van der Waals surface area contributed by atoms with Crippen LogP contribution in [0.5, 0.6) is 0 Å². The number of hydrogen-bond donors (Lipinski definition) is 1. The molecule has 6 nitrogen and oxygen atoms in total. The quantitative estimate of drug-likeness (QED) is 0.731. The Hall–Kier alpha value is -2.94. The number of piperazine rings is 1. The number of nitrogens with two attached hydrogens (primary N) is 1. The molecule has 0 spiro atoms. The van der Waals surface area contributed by atoms with Crippen LogP contribution in [0.15, 0.2) is 52.9 Å². The Morgan fingerprint density at radius 1 is 1.03 bits per heavy atom. The highest BCUT2D eigenvalue weighted by molar-refractivity contribution is 5.99. The maximum absolute atomic E-state index is 12.9. The molecule has 2 N–H and O–H groups in total. The van der Waals surface area contributed by atoms with Crippen molar-refractivity contribution in [2.75, 3.05) is 44.7 Å². The van der Waals surface area contributed by atoms with Gasteiger partial charge in [-0.05, 0) is 26.0 Å². The fraction of sp³-hybridized carbons (Fsp3) is 0.409. The van der Waals surface area contributed by atoms with Crippen LogP contribution in [0, 0.1) is 0 Å². The van der Waals surface area contributed by atoms with Gasteiger partial charge in [0, 0.05) is 74.7 Å². The number of benzene rings is 1. The molecule has 0 aliphatic carbocycles. The summed E-state index contributed by atoms with van der Waals surface area (Å²) in [5.74, 6) is 0.680. The summed E-state index contributed by atoms with van der Waals surface area (Å²) < 4.78 is 38.6. The van der Waals surface area contributed by atoms with Gasteiger partial charge in [-0.3, -0.25) is 14.9 Å². The van der Waals surface area contributed by atoms with Crippen molar-refractivity contribution in [3.8, 4) is 11.3 Å². The monoisotopic (exact) mass is 432 g/mol. The van der Waals surface area contributed by atoms with Gasteiger partial charge in [0.05, 0.1) is 5.56 Å². The van der Waals surface area contributed by atoms with E-state index >= 15 is 0 Å². The summed E-state index contributed by atoms with van der Waals surface area (Å²) in [6.07, 6.45) is -1.20. The van der Waals surface area contributed by atoms with Gasteiger partial charge >= 0.3 is 6.18 Å². The molecule has 0 atom stereocenters. The molecular weight excluding hydrogens is 405 g/mol. The highest BCUT2D eigenvalue weighted by Gasteiger charge is 2.30. The van der Waals surface area contributed by atoms with Crippen molar-refractivity contribution < 1.29 is 13.2 Å². The first-order chi connectivity index (χ1) is 14.7. The van der Waals surface area contributed by atoms with Crippen molar-refractivity contribution in [2.24, 2.45) is 10.7 Å². The third-order valence-electron chi connectivity index (χ3n) is 5.47. The van der Waals surface area contributed by atoms with Crippen LogP contribution >= 0.6 is 0 Å². The van der Waals surface area contributed by atoms with Gasteiger partial charge in [0.2, 0.25) is 0 Å². The highest BCUT2D eigenvalue weighted by atomic mass is 19.4. The highest BCUT2D eigenvalue weighted by Crippen LogP contribution is 2.32. The predicted molar refractivity (Wildman–Crippen MR) is 117 cm³/mol. The average Bonchev–Trinajstić information content (AvgIpc) is 2.76. The van der Waals surface area contributed by atoms with Crippen LogP contribution in [-0.4, -0.2) is 60.4 Å². The number of anilines is 1. The molecule has 1 fully saturated rings. The summed E-state index contributed by atoms with van der Waals surface area (Å²) in [5.41, 5.74) is 9.29. The molecule has 3 rings (SSSR count). The maximum atomic E-state index is 12.9. The minimum Gasteiger partial charge on any atom is -0.402 e. The Kier molecular flexibility index (Phi) is 6.94. The standard InChI is InChI=1S/C22H27F3N6/c1-15(26)19(16(2)27-3)14-30-10-12-31(13-11-30)21-20(28-8-9-29-21)17-4-6-18(7-5-17)22(23,24)25/h4-9H,10-14,26H2,1-3H3. The molecule has 0 unspecified atom stereocenters. The van der Waals surface area contributed by atoms with E-state index in [9.17, 15) is 13.2 Å². The lowest BCUT2D eigenvalue weighted by molar-refractivity contribution is -0.137. The fourth-order valence-corrected chi connectivity index (χ4v) is 3.58. The summed E-state index contributed by atoms with van der Waals surface area (Å²) in [6, 6.07) is 5.04. The van der Waals surface area contributed by atoms with Gasteiger partial charge in [-0.2, -0.15) is 13.2 Å². The third-order valence-corrected chi connectivity index (χ3v) is 5.47. The van der Waals surface area contributed by atoms with Gasteiger partial charge in [-0.15, -0.1) is 0 Å². The van der Waals surface area contributed by atoms with Crippen LogP contribution in [0.3, 0.4) is 0 Å². The number of aliphatic imine (C=N–C) groups is 1. The second-order valence-electron chi connectivity index (χ2n) is 7.54. The number of allylic oxidation sites excluding steroid dienone is 1. The van der Waals surface area contributed by atoms with Crippen molar-refractivity contribution >= 4 is 11.5 Å². The molecule has 166 valence electrons.